The zero-order chi connectivity index (χ0) is 15.3. The van der Waals surface area contributed by atoms with E-state index in [0.717, 1.165) is 11.8 Å². The SMILES string of the molecule is C[C@H](C=O)[C@@H](C[C@H]1COC(C)(C)O1)OCc1ccccc1. The van der Waals surface area contributed by atoms with Gasteiger partial charge in [0.2, 0.25) is 0 Å². The molecule has 1 aliphatic heterocycles. The second-order valence-corrected chi connectivity index (χ2v) is 6.02. The van der Waals surface area contributed by atoms with Gasteiger partial charge in [-0.1, -0.05) is 37.3 Å². The summed E-state index contributed by atoms with van der Waals surface area (Å²) in [6.45, 7) is 6.72. The molecule has 3 atom stereocenters. The summed E-state index contributed by atoms with van der Waals surface area (Å²) in [4.78, 5) is 11.1. The van der Waals surface area contributed by atoms with E-state index in [1.807, 2.05) is 51.1 Å². The van der Waals surface area contributed by atoms with Crippen LogP contribution >= 0.6 is 0 Å². The molecule has 0 unspecified atom stereocenters. The van der Waals surface area contributed by atoms with Gasteiger partial charge in [0, 0.05) is 12.3 Å². The van der Waals surface area contributed by atoms with Gasteiger partial charge in [-0.05, 0) is 19.4 Å². The summed E-state index contributed by atoms with van der Waals surface area (Å²) in [5.74, 6) is -0.708. The maximum atomic E-state index is 11.1. The van der Waals surface area contributed by atoms with Crippen LogP contribution in [0.15, 0.2) is 30.3 Å². The second-order valence-electron chi connectivity index (χ2n) is 6.02. The Labute approximate surface area is 126 Å². The minimum absolute atomic E-state index is 0.0248. The van der Waals surface area contributed by atoms with Crippen molar-refractivity contribution in [2.24, 2.45) is 5.92 Å². The first-order valence-electron chi connectivity index (χ1n) is 7.43. The number of ether oxygens (including phenoxy) is 3. The van der Waals surface area contributed by atoms with Crippen LogP contribution in [0.3, 0.4) is 0 Å². The summed E-state index contributed by atoms with van der Waals surface area (Å²) in [7, 11) is 0. The molecule has 0 N–H and O–H groups in total. The van der Waals surface area contributed by atoms with Gasteiger partial charge in [-0.15, -0.1) is 0 Å². The lowest BCUT2D eigenvalue weighted by atomic mass is 10.0. The van der Waals surface area contributed by atoms with Crippen LogP contribution in [0, 0.1) is 5.92 Å². The minimum atomic E-state index is -0.543. The number of carbonyl (C=O) groups excluding carboxylic acids is 1. The lowest BCUT2D eigenvalue weighted by Gasteiger charge is -2.24. The fraction of sp³-hybridized carbons (Fsp3) is 0.588. The highest BCUT2D eigenvalue weighted by atomic mass is 16.7. The molecule has 4 nitrogen and oxygen atoms in total. The van der Waals surface area contributed by atoms with E-state index in [1.165, 1.54) is 0 Å². The quantitative estimate of drug-likeness (QED) is 0.725. The molecule has 0 amide bonds. The van der Waals surface area contributed by atoms with Crippen LogP contribution in [0.25, 0.3) is 0 Å². The molecule has 21 heavy (non-hydrogen) atoms. The smallest absolute Gasteiger partial charge is 0.163 e. The summed E-state index contributed by atoms with van der Waals surface area (Å²) < 4.78 is 17.3. The topological polar surface area (TPSA) is 44.8 Å². The van der Waals surface area contributed by atoms with Gasteiger partial charge >= 0.3 is 0 Å². The Kier molecular flexibility index (Phi) is 5.51. The van der Waals surface area contributed by atoms with Crippen LogP contribution in [0.2, 0.25) is 0 Å². The Morgan fingerprint density at radius 2 is 2.10 bits per heavy atom. The van der Waals surface area contributed by atoms with Crippen molar-refractivity contribution in [2.75, 3.05) is 6.61 Å². The molecule has 1 fully saturated rings. The summed E-state index contributed by atoms with van der Waals surface area (Å²) >= 11 is 0. The van der Waals surface area contributed by atoms with Gasteiger partial charge < -0.3 is 19.0 Å². The van der Waals surface area contributed by atoms with E-state index >= 15 is 0 Å². The molecule has 0 aromatic heterocycles. The largest absolute Gasteiger partial charge is 0.373 e. The zero-order valence-corrected chi connectivity index (χ0v) is 13.0. The molecule has 0 radical (unpaired) electrons. The van der Waals surface area contributed by atoms with Gasteiger partial charge in [-0.3, -0.25) is 0 Å². The minimum Gasteiger partial charge on any atom is -0.373 e. The molecular weight excluding hydrogens is 268 g/mol. The van der Waals surface area contributed by atoms with E-state index in [-0.39, 0.29) is 18.1 Å². The fourth-order valence-corrected chi connectivity index (χ4v) is 2.44. The second kappa shape index (κ2) is 7.16. The van der Waals surface area contributed by atoms with Crippen LogP contribution in [0.1, 0.15) is 32.8 Å². The van der Waals surface area contributed by atoms with Crippen LogP contribution in [0.5, 0.6) is 0 Å². The Balaban J connectivity index is 1.90. The van der Waals surface area contributed by atoms with Crippen molar-refractivity contribution in [3.05, 3.63) is 35.9 Å². The van der Waals surface area contributed by atoms with Crippen molar-refractivity contribution in [2.45, 2.75) is 51.8 Å². The van der Waals surface area contributed by atoms with Gasteiger partial charge in [0.15, 0.2) is 5.79 Å². The van der Waals surface area contributed by atoms with Gasteiger partial charge in [-0.25, -0.2) is 0 Å². The van der Waals surface area contributed by atoms with E-state index < -0.39 is 5.79 Å². The van der Waals surface area contributed by atoms with Gasteiger partial charge in [0.1, 0.15) is 6.29 Å². The van der Waals surface area contributed by atoms with Gasteiger partial charge in [-0.2, -0.15) is 0 Å². The average Bonchev–Trinajstić information content (AvgIpc) is 2.82. The van der Waals surface area contributed by atoms with Gasteiger partial charge in [0.25, 0.3) is 0 Å². The fourth-order valence-electron chi connectivity index (χ4n) is 2.44. The van der Waals surface area contributed by atoms with E-state index in [4.69, 9.17) is 14.2 Å². The Morgan fingerprint density at radius 3 is 2.67 bits per heavy atom. The monoisotopic (exact) mass is 292 g/mol. The normalized spacial score (nSPS) is 23.7. The first-order chi connectivity index (χ1) is 10.00. The van der Waals surface area contributed by atoms with Crippen molar-refractivity contribution in [1.29, 1.82) is 0 Å². The van der Waals surface area contributed by atoms with E-state index in [1.54, 1.807) is 0 Å². The molecule has 116 valence electrons. The molecule has 1 aromatic carbocycles. The van der Waals surface area contributed by atoms with Crippen LogP contribution in [-0.4, -0.2) is 30.9 Å². The number of hydrogen-bond acceptors (Lipinski definition) is 4. The van der Waals surface area contributed by atoms with Gasteiger partial charge in [0.05, 0.1) is 25.4 Å². The van der Waals surface area contributed by atoms with E-state index in [0.29, 0.717) is 19.6 Å². The third-order valence-corrected chi connectivity index (χ3v) is 3.67. The van der Waals surface area contributed by atoms with Crippen LogP contribution in [0.4, 0.5) is 0 Å². The highest BCUT2D eigenvalue weighted by Gasteiger charge is 2.35. The highest BCUT2D eigenvalue weighted by molar-refractivity contribution is 5.53. The molecule has 1 aliphatic rings. The predicted octanol–water partition coefficient (Wildman–Crippen LogP) is 2.95. The summed E-state index contributed by atoms with van der Waals surface area (Å²) in [6.07, 6.45) is 1.42. The summed E-state index contributed by atoms with van der Waals surface area (Å²) in [5, 5.41) is 0. The number of carbonyl (C=O) groups is 1. The molecule has 1 aromatic rings. The average molecular weight is 292 g/mol. The third kappa shape index (κ3) is 4.92. The highest BCUT2D eigenvalue weighted by Crippen LogP contribution is 2.27. The molecule has 2 rings (SSSR count). The van der Waals surface area contributed by atoms with Crippen molar-refractivity contribution >= 4 is 6.29 Å². The number of aldehydes is 1. The summed E-state index contributed by atoms with van der Waals surface area (Å²) in [5.41, 5.74) is 1.10. The number of rotatable bonds is 7. The number of hydrogen-bond donors (Lipinski definition) is 0. The molecule has 0 bridgehead atoms. The first-order valence-corrected chi connectivity index (χ1v) is 7.43. The molecule has 1 heterocycles. The molecule has 1 saturated heterocycles. The Morgan fingerprint density at radius 1 is 1.38 bits per heavy atom. The maximum absolute atomic E-state index is 11.1. The molecule has 0 saturated carbocycles. The summed E-state index contributed by atoms with van der Waals surface area (Å²) in [6, 6.07) is 9.96. The molecule has 4 heteroatoms. The van der Waals surface area contributed by atoms with Crippen molar-refractivity contribution in [3.63, 3.8) is 0 Å². The molecule has 0 aliphatic carbocycles. The lowest BCUT2D eigenvalue weighted by molar-refractivity contribution is -0.145. The Hall–Kier alpha value is -1.23. The third-order valence-electron chi connectivity index (χ3n) is 3.67. The van der Waals surface area contributed by atoms with Crippen molar-refractivity contribution in [1.82, 2.24) is 0 Å². The molecule has 0 spiro atoms. The zero-order valence-electron chi connectivity index (χ0n) is 13.0. The standard InChI is InChI=1S/C17H24O4/c1-13(10-18)16(9-15-12-20-17(2,3)21-15)19-11-14-7-5-4-6-8-14/h4-8,10,13,15-16H,9,11-12H2,1-3H3/t13-,15+,16-/m1/s1. The Bertz CT molecular complexity index is 443. The lowest BCUT2D eigenvalue weighted by Crippen LogP contribution is -2.30. The predicted molar refractivity (Wildman–Crippen MR) is 79.8 cm³/mol. The first kappa shape index (κ1) is 16.1. The maximum Gasteiger partial charge on any atom is 0.163 e. The van der Waals surface area contributed by atoms with Crippen LogP contribution in [-0.2, 0) is 25.6 Å². The van der Waals surface area contributed by atoms with Crippen molar-refractivity contribution in [3.8, 4) is 0 Å². The van der Waals surface area contributed by atoms with Crippen molar-refractivity contribution < 1.29 is 19.0 Å². The molecular formula is C17H24O4. The van der Waals surface area contributed by atoms with E-state index in [9.17, 15) is 4.79 Å². The van der Waals surface area contributed by atoms with E-state index in [2.05, 4.69) is 0 Å². The number of benzene rings is 1. The van der Waals surface area contributed by atoms with Crippen LogP contribution < -0.4 is 0 Å².